The van der Waals surface area contributed by atoms with E-state index in [0.29, 0.717) is 0 Å². The van der Waals surface area contributed by atoms with Crippen molar-refractivity contribution in [2.45, 2.75) is 38.5 Å². The Morgan fingerprint density at radius 3 is 2.42 bits per heavy atom. The fourth-order valence-electron chi connectivity index (χ4n) is 0.722. The van der Waals surface area contributed by atoms with E-state index in [1.54, 1.807) is 0 Å². The van der Waals surface area contributed by atoms with Gasteiger partial charge in [-0.25, -0.2) is 0 Å². The number of thioether (sulfide) groups is 1. The summed E-state index contributed by atoms with van der Waals surface area (Å²) in [5, 5.41) is 11.9. The maximum atomic E-state index is 8.73. The molecular formula is C9H18N2S. The monoisotopic (exact) mass is 186 g/mol. The fraction of sp³-hybridized carbons (Fsp3) is 0.889. The summed E-state index contributed by atoms with van der Waals surface area (Å²) in [6, 6.07) is 2.24. The lowest BCUT2D eigenvalue weighted by atomic mass is 10.3. The molecule has 0 aliphatic carbocycles. The number of nitriles is 1. The normalized spacial score (nSPS) is 13.9. The average Bonchev–Trinajstić information content (AvgIpc) is 1.96. The summed E-state index contributed by atoms with van der Waals surface area (Å²) in [5.74, 6) is 0.869. The van der Waals surface area contributed by atoms with E-state index in [0.717, 1.165) is 12.3 Å². The molecule has 0 aromatic heterocycles. The van der Waals surface area contributed by atoms with Gasteiger partial charge in [0.25, 0.3) is 0 Å². The standard InChI is InChI=1S/C9H18N2S/c1-5-11-8(6-10)7-12-9(2,3)4/h8,11H,5,7H2,1-4H3. The first kappa shape index (κ1) is 11.8. The van der Waals surface area contributed by atoms with Crippen molar-refractivity contribution in [2.24, 2.45) is 0 Å². The van der Waals surface area contributed by atoms with Crippen LogP contribution in [-0.4, -0.2) is 23.1 Å². The zero-order valence-electron chi connectivity index (χ0n) is 8.35. The van der Waals surface area contributed by atoms with Crippen LogP contribution in [0.1, 0.15) is 27.7 Å². The minimum atomic E-state index is -0.000718. The van der Waals surface area contributed by atoms with Gasteiger partial charge in [-0.15, -0.1) is 0 Å². The van der Waals surface area contributed by atoms with Gasteiger partial charge in [0.1, 0.15) is 6.04 Å². The second-order valence-electron chi connectivity index (χ2n) is 3.66. The van der Waals surface area contributed by atoms with Crippen molar-refractivity contribution in [2.75, 3.05) is 12.3 Å². The van der Waals surface area contributed by atoms with Crippen LogP contribution in [0, 0.1) is 11.3 Å². The number of hydrogen-bond donors (Lipinski definition) is 1. The van der Waals surface area contributed by atoms with Gasteiger partial charge < -0.3 is 5.32 Å². The molecule has 0 aromatic carbocycles. The summed E-state index contributed by atoms with van der Waals surface area (Å²) in [7, 11) is 0. The van der Waals surface area contributed by atoms with E-state index in [2.05, 4.69) is 32.2 Å². The Hall–Kier alpha value is -0.200. The van der Waals surface area contributed by atoms with Crippen LogP contribution >= 0.6 is 11.8 Å². The second kappa shape index (κ2) is 5.45. The molecule has 0 aliphatic heterocycles. The van der Waals surface area contributed by atoms with Crippen LogP contribution in [0.25, 0.3) is 0 Å². The van der Waals surface area contributed by atoms with Crippen molar-refractivity contribution >= 4 is 11.8 Å². The highest BCUT2D eigenvalue weighted by atomic mass is 32.2. The predicted octanol–water partition coefficient (Wildman–Crippen LogP) is 2.02. The third-order valence-electron chi connectivity index (χ3n) is 1.29. The van der Waals surface area contributed by atoms with E-state index < -0.39 is 0 Å². The Balaban J connectivity index is 3.67. The molecule has 2 nitrogen and oxygen atoms in total. The van der Waals surface area contributed by atoms with Crippen LogP contribution in [-0.2, 0) is 0 Å². The summed E-state index contributed by atoms with van der Waals surface area (Å²) in [5.41, 5.74) is 0. The molecule has 0 heterocycles. The highest BCUT2D eigenvalue weighted by Gasteiger charge is 2.14. The van der Waals surface area contributed by atoms with E-state index >= 15 is 0 Å². The van der Waals surface area contributed by atoms with E-state index in [-0.39, 0.29) is 10.8 Å². The van der Waals surface area contributed by atoms with Gasteiger partial charge >= 0.3 is 0 Å². The first-order chi connectivity index (χ1) is 5.49. The van der Waals surface area contributed by atoms with Gasteiger partial charge in [-0.1, -0.05) is 27.7 Å². The van der Waals surface area contributed by atoms with E-state index in [1.807, 2.05) is 18.7 Å². The van der Waals surface area contributed by atoms with Crippen LogP contribution in [0.3, 0.4) is 0 Å². The Bertz CT molecular complexity index is 155. The van der Waals surface area contributed by atoms with Crippen molar-refractivity contribution < 1.29 is 0 Å². The maximum Gasteiger partial charge on any atom is 0.104 e. The lowest BCUT2D eigenvalue weighted by Gasteiger charge is -2.19. The van der Waals surface area contributed by atoms with E-state index in [9.17, 15) is 0 Å². The summed E-state index contributed by atoms with van der Waals surface area (Å²) >= 11 is 1.82. The van der Waals surface area contributed by atoms with Crippen molar-refractivity contribution in [3.63, 3.8) is 0 Å². The van der Waals surface area contributed by atoms with Crippen LogP contribution in [0.2, 0.25) is 0 Å². The Labute approximate surface area is 79.7 Å². The molecule has 1 N–H and O–H groups in total. The summed E-state index contributed by atoms with van der Waals surface area (Å²) in [6.45, 7) is 9.38. The number of nitrogens with zero attached hydrogens (tertiary/aromatic N) is 1. The molecule has 0 bridgehead atoms. The second-order valence-corrected chi connectivity index (χ2v) is 5.51. The van der Waals surface area contributed by atoms with Gasteiger partial charge in [0.2, 0.25) is 0 Å². The number of nitrogens with one attached hydrogen (secondary N) is 1. The molecule has 3 heteroatoms. The van der Waals surface area contributed by atoms with Gasteiger partial charge in [0, 0.05) is 10.5 Å². The zero-order chi connectivity index (χ0) is 9.61. The average molecular weight is 186 g/mol. The van der Waals surface area contributed by atoms with Crippen molar-refractivity contribution in [3.8, 4) is 6.07 Å². The topological polar surface area (TPSA) is 35.8 Å². The third-order valence-corrected chi connectivity index (χ3v) is 2.66. The summed E-state index contributed by atoms with van der Waals surface area (Å²) in [6.07, 6.45) is 0. The highest BCUT2D eigenvalue weighted by Crippen LogP contribution is 2.23. The first-order valence-electron chi connectivity index (χ1n) is 4.26. The van der Waals surface area contributed by atoms with Crippen molar-refractivity contribution in [1.29, 1.82) is 5.26 Å². The van der Waals surface area contributed by atoms with Crippen LogP contribution in [0.4, 0.5) is 0 Å². The van der Waals surface area contributed by atoms with Crippen molar-refractivity contribution in [1.82, 2.24) is 5.32 Å². The molecule has 0 saturated heterocycles. The van der Waals surface area contributed by atoms with Gasteiger partial charge in [-0.2, -0.15) is 17.0 Å². The lowest BCUT2D eigenvalue weighted by molar-refractivity contribution is 0.673. The van der Waals surface area contributed by atoms with Crippen LogP contribution in [0.15, 0.2) is 0 Å². The van der Waals surface area contributed by atoms with Crippen LogP contribution < -0.4 is 5.32 Å². The smallest absolute Gasteiger partial charge is 0.104 e. The molecule has 0 fully saturated rings. The quantitative estimate of drug-likeness (QED) is 0.729. The molecule has 0 rings (SSSR count). The van der Waals surface area contributed by atoms with Gasteiger partial charge in [-0.05, 0) is 6.54 Å². The van der Waals surface area contributed by atoms with E-state index in [1.165, 1.54) is 0 Å². The fourth-order valence-corrected chi connectivity index (χ4v) is 1.58. The van der Waals surface area contributed by atoms with E-state index in [4.69, 9.17) is 5.26 Å². The summed E-state index contributed by atoms with van der Waals surface area (Å²) < 4.78 is 0.254. The molecule has 12 heavy (non-hydrogen) atoms. The Morgan fingerprint density at radius 2 is 2.08 bits per heavy atom. The lowest BCUT2D eigenvalue weighted by Crippen LogP contribution is -2.30. The number of rotatable bonds is 4. The Morgan fingerprint density at radius 1 is 1.50 bits per heavy atom. The molecule has 0 radical (unpaired) electrons. The van der Waals surface area contributed by atoms with Gasteiger partial charge in [0.15, 0.2) is 0 Å². The zero-order valence-corrected chi connectivity index (χ0v) is 9.16. The van der Waals surface area contributed by atoms with Gasteiger partial charge in [0.05, 0.1) is 6.07 Å². The SMILES string of the molecule is CCNC(C#N)CSC(C)(C)C. The molecule has 0 aliphatic rings. The highest BCUT2D eigenvalue weighted by molar-refractivity contribution is 8.00. The Kier molecular flexibility index (Phi) is 5.36. The molecule has 0 spiro atoms. The summed E-state index contributed by atoms with van der Waals surface area (Å²) in [4.78, 5) is 0. The molecular weight excluding hydrogens is 168 g/mol. The molecule has 0 saturated carbocycles. The largest absolute Gasteiger partial charge is 0.302 e. The maximum absolute atomic E-state index is 8.73. The van der Waals surface area contributed by atoms with Crippen molar-refractivity contribution in [3.05, 3.63) is 0 Å². The first-order valence-corrected chi connectivity index (χ1v) is 5.25. The van der Waals surface area contributed by atoms with Gasteiger partial charge in [-0.3, -0.25) is 0 Å². The van der Waals surface area contributed by atoms with Crippen LogP contribution in [0.5, 0.6) is 0 Å². The molecule has 1 atom stereocenters. The molecule has 1 unspecified atom stereocenters. The minimum absolute atomic E-state index is 0.000718. The molecule has 70 valence electrons. The minimum Gasteiger partial charge on any atom is -0.302 e. The number of hydrogen-bond acceptors (Lipinski definition) is 3. The molecule has 0 aromatic rings. The third kappa shape index (κ3) is 6.51. The predicted molar refractivity (Wildman–Crippen MR) is 55.3 cm³/mol. The molecule has 0 amide bonds.